The quantitative estimate of drug-likeness (QED) is 0.438. The van der Waals surface area contributed by atoms with Crippen LogP contribution in [0.15, 0.2) is 55.2 Å². The number of hydrogen-bond acceptors (Lipinski definition) is 5. The van der Waals surface area contributed by atoms with Gasteiger partial charge in [0.1, 0.15) is 11.6 Å². The number of nitrogens with zero attached hydrogens (tertiary/aromatic N) is 3. The zero-order valence-electron chi connectivity index (χ0n) is 16.3. The molecule has 0 saturated carbocycles. The van der Waals surface area contributed by atoms with Crippen molar-refractivity contribution in [1.29, 1.82) is 0 Å². The van der Waals surface area contributed by atoms with Crippen LogP contribution in [-0.4, -0.2) is 33.6 Å². The van der Waals surface area contributed by atoms with Crippen molar-refractivity contribution in [2.75, 3.05) is 6.61 Å². The van der Waals surface area contributed by atoms with E-state index in [2.05, 4.69) is 41.9 Å². The Balaban J connectivity index is 2.02. The van der Waals surface area contributed by atoms with E-state index in [0.29, 0.717) is 32.5 Å². The van der Waals surface area contributed by atoms with Gasteiger partial charge in [-0.3, -0.25) is 4.79 Å². The van der Waals surface area contributed by atoms with Crippen LogP contribution in [0.3, 0.4) is 0 Å². The van der Waals surface area contributed by atoms with Crippen molar-refractivity contribution in [2.24, 2.45) is 5.10 Å². The van der Waals surface area contributed by atoms with E-state index in [4.69, 9.17) is 9.84 Å². The van der Waals surface area contributed by atoms with E-state index in [1.54, 1.807) is 30.5 Å². The second-order valence-corrected chi connectivity index (χ2v) is 8.44. The van der Waals surface area contributed by atoms with Crippen molar-refractivity contribution in [1.82, 2.24) is 9.66 Å². The number of carbonyl (C=O) groups is 1. The van der Waals surface area contributed by atoms with Crippen LogP contribution in [0.2, 0.25) is 0 Å². The fourth-order valence-electron chi connectivity index (χ4n) is 2.76. The summed E-state index contributed by atoms with van der Waals surface area (Å²) in [5.41, 5.74) is 1.10. The molecule has 1 N–H and O–H groups in total. The maximum Gasteiger partial charge on any atom is 0.341 e. The molecule has 1 atom stereocenters. The Morgan fingerprint density at radius 1 is 1.30 bits per heavy atom. The molecule has 2 aromatic carbocycles. The highest BCUT2D eigenvalue weighted by atomic mass is 79.9. The van der Waals surface area contributed by atoms with Crippen LogP contribution < -0.4 is 10.3 Å². The molecule has 30 heavy (non-hydrogen) atoms. The van der Waals surface area contributed by atoms with Gasteiger partial charge in [-0.1, -0.05) is 29.8 Å². The Labute approximate surface area is 189 Å². The second kappa shape index (κ2) is 9.53. The number of aromatic nitrogens is 2. The zero-order chi connectivity index (χ0) is 21.8. The first-order valence-corrected chi connectivity index (χ1v) is 10.8. The highest BCUT2D eigenvalue weighted by Gasteiger charge is 2.15. The Hall–Kier alpha value is -2.52. The number of fused-ring (bicyclic) bond motifs is 1. The van der Waals surface area contributed by atoms with Gasteiger partial charge in [-0.25, -0.2) is 9.78 Å². The molecule has 156 valence electrons. The molecule has 0 radical (unpaired) electrons. The zero-order valence-corrected chi connectivity index (χ0v) is 19.5. The molecule has 0 aliphatic rings. The predicted octanol–water partition coefficient (Wildman–Crippen LogP) is 4.78. The first kappa shape index (κ1) is 22.2. The molecule has 0 bridgehead atoms. The van der Waals surface area contributed by atoms with Crippen LogP contribution in [0.25, 0.3) is 10.9 Å². The third-order valence-electron chi connectivity index (χ3n) is 4.52. The fourth-order valence-corrected chi connectivity index (χ4v) is 3.63. The molecule has 0 saturated heterocycles. The molecule has 1 aromatic heterocycles. The Bertz CT molecular complexity index is 1190. The number of halogens is 2. The monoisotopic (exact) mass is 535 g/mol. The normalized spacial score (nSPS) is 12.4. The lowest BCUT2D eigenvalue weighted by Crippen LogP contribution is -2.23. The third-order valence-corrected chi connectivity index (χ3v) is 5.63. The summed E-state index contributed by atoms with van der Waals surface area (Å²) in [6, 6.07) is 10.5. The molecule has 0 spiro atoms. The second-order valence-electron chi connectivity index (χ2n) is 6.67. The fraction of sp³-hybridized carbons (Fsp3) is 0.238. The molecule has 0 unspecified atom stereocenters. The molecule has 0 fully saturated rings. The van der Waals surface area contributed by atoms with Crippen molar-refractivity contribution in [3.63, 3.8) is 0 Å². The summed E-state index contributed by atoms with van der Waals surface area (Å²) < 4.78 is 7.92. The lowest BCUT2D eigenvalue weighted by atomic mass is 10.1. The minimum atomic E-state index is -1.06. The van der Waals surface area contributed by atoms with Crippen LogP contribution in [0.4, 0.5) is 0 Å². The molecule has 0 amide bonds. The van der Waals surface area contributed by atoms with E-state index in [9.17, 15) is 9.59 Å². The van der Waals surface area contributed by atoms with Crippen molar-refractivity contribution in [3.8, 4) is 5.75 Å². The maximum absolute atomic E-state index is 13.1. The number of hydrogen-bond donors (Lipinski definition) is 1. The van der Waals surface area contributed by atoms with Crippen molar-refractivity contribution < 1.29 is 14.6 Å². The predicted molar refractivity (Wildman–Crippen MR) is 123 cm³/mol. The molecule has 3 aromatic rings. The summed E-state index contributed by atoms with van der Waals surface area (Å²) in [7, 11) is 0. The SMILES string of the molecule is CC[C@@H](C)c1nc2ccc(Br)cc2c(=O)n1N=Cc1ccc(OCC(=O)O)c(Br)c1. The first-order valence-electron chi connectivity index (χ1n) is 9.20. The van der Waals surface area contributed by atoms with Gasteiger partial charge in [-0.2, -0.15) is 9.78 Å². The molecule has 0 aliphatic carbocycles. The topological polar surface area (TPSA) is 93.8 Å². The van der Waals surface area contributed by atoms with Crippen molar-refractivity contribution >= 4 is 54.9 Å². The average molecular weight is 537 g/mol. The van der Waals surface area contributed by atoms with Crippen molar-refractivity contribution in [2.45, 2.75) is 26.2 Å². The van der Waals surface area contributed by atoms with Crippen LogP contribution in [0.5, 0.6) is 5.75 Å². The molecule has 0 aliphatic heterocycles. The highest BCUT2D eigenvalue weighted by molar-refractivity contribution is 9.10. The summed E-state index contributed by atoms with van der Waals surface area (Å²) in [4.78, 5) is 28.5. The van der Waals surface area contributed by atoms with E-state index in [-0.39, 0.29) is 11.5 Å². The Morgan fingerprint density at radius 3 is 2.73 bits per heavy atom. The van der Waals surface area contributed by atoms with Crippen LogP contribution >= 0.6 is 31.9 Å². The molecule has 7 nitrogen and oxygen atoms in total. The van der Waals surface area contributed by atoms with Crippen molar-refractivity contribution in [3.05, 3.63) is 67.1 Å². The lowest BCUT2D eigenvalue weighted by molar-refractivity contribution is -0.139. The maximum atomic E-state index is 13.1. The molecular weight excluding hydrogens is 518 g/mol. The molecule has 3 rings (SSSR count). The Kier molecular flexibility index (Phi) is 7.04. The third kappa shape index (κ3) is 4.96. The minimum absolute atomic E-state index is 0.0430. The summed E-state index contributed by atoms with van der Waals surface area (Å²) in [5.74, 6) is -0.0142. The van der Waals surface area contributed by atoms with E-state index in [1.165, 1.54) is 4.68 Å². The van der Waals surface area contributed by atoms with Gasteiger partial charge >= 0.3 is 5.97 Å². The van der Waals surface area contributed by atoms with Gasteiger partial charge in [0.25, 0.3) is 5.56 Å². The van der Waals surface area contributed by atoms with Crippen LogP contribution in [0.1, 0.15) is 37.6 Å². The van der Waals surface area contributed by atoms with E-state index in [1.807, 2.05) is 26.0 Å². The standard InChI is InChI=1S/C21H19Br2N3O4/c1-3-12(2)20-25-17-6-5-14(22)9-15(17)21(29)26(20)24-10-13-4-7-18(16(23)8-13)30-11-19(27)28/h4-10,12H,3,11H2,1-2H3,(H,27,28)/t12-/m1/s1. The smallest absolute Gasteiger partial charge is 0.341 e. The van der Waals surface area contributed by atoms with Crippen LogP contribution in [-0.2, 0) is 4.79 Å². The average Bonchev–Trinajstić information content (AvgIpc) is 2.72. The molecule has 1 heterocycles. The summed E-state index contributed by atoms with van der Waals surface area (Å²) in [6.45, 7) is 3.60. The lowest BCUT2D eigenvalue weighted by Gasteiger charge is -2.14. The molecule has 9 heteroatoms. The van der Waals surface area contributed by atoms with E-state index < -0.39 is 12.6 Å². The molecular formula is C21H19Br2N3O4. The van der Waals surface area contributed by atoms with Crippen LogP contribution in [0, 0.1) is 0 Å². The van der Waals surface area contributed by atoms with E-state index in [0.717, 1.165) is 10.9 Å². The van der Waals surface area contributed by atoms with Gasteiger partial charge in [-0.15, -0.1) is 0 Å². The number of carboxylic acids is 1. The number of benzene rings is 2. The van der Waals surface area contributed by atoms with Gasteiger partial charge in [0.05, 0.1) is 21.6 Å². The van der Waals surface area contributed by atoms with E-state index >= 15 is 0 Å². The number of ether oxygens (including phenoxy) is 1. The van der Waals surface area contributed by atoms with Gasteiger partial charge in [0.2, 0.25) is 0 Å². The van der Waals surface area contributed by atoms with Gasteiger partial charge in [0.15, 0.2) is 6.61 Å². The number of carboxylic acid groups (broad SMARTS) is 1. The Morgan fingerprint density at radius 2 is 2.07 bits per heavy atom. The van der Waals surface area contributed by atoms with Gasteiger partial charge in [-0.05, 0) is 64.3 Å². The first-order chi connectivity index (χ1) is 14.3. The summed E-state index contributed by atoms with van der Waals surface area (Å²) in [5, 5.41) is 13.6. The largest absolute Gasteiger partial charge is 0.481 e. The summed E-state index contributed by atoms with van der Waals surface area (Å²) in [6.07, 6.45) is 2.37. The van der Waals surface area contributed by atoms with Gasteiger partial charge in [0, 0.05) is 10.4 Å². The number of rotatable bonds is 7. The number of aliphatic carboxylic acids is 1. The highest BCUT2D eigenvalue weighted by Crippen LogP contribution is 2.26. The minimum Gasteiger partial charge on any atom is -0.481 e. The van der Waals surface area contributed by atoms with Gasteiger partial charge < -0.3 is 9.84 Å². The summed E-state index contributed by atoms with van der Waals surface area (Å²) >= 11 is 6.76.